The minimum absolute atomic E-state index is 0.167. The smallest absolute Gasteiger partial charge is 0.319 e. The van der Waals surface area contributed by atoms with E-state index in [0.29, 0.717) is 10.7 Å². The topological polar surface area (TPSA) is 61.4 Å². The molecular formula is C13H13ClN2O2S. The Bertz CT molecular complexity index is 528. The maximum atomic E-state index is 11.6. The molecule has 0 spiro atoms. The lowest BCUT2D eigenvalue weighted by Gasteiger charge is -2.11. The normalized spacial score (nSPS) is 11.9. The van der Waals surface area contributed by atoms with Crippen molar-refractivity contribution in [3.05, 3.63) is 51.7 Å². The molecule has 0 fully saturated rings. The summed E-state index contributed by atoms with van der Waals surface area (Å²) in [5.74, 6) is 0. The molecule has 0 aliphatic carbocycles. The van der Waals surface area contributed by atoms with Crippen molar-refractivity contribution in [1.29, 1.82) is 0 Å². The molecule has 4 nitrogen and oxygen atoms in total. The Morgan fingerprint density at radius 1 is 1.32 bits per heavy atom. The van der Waals surface area contributed by atoms with Crippen LogP contribution in [0.4, 0.5) is 10.5 Å². The van der Waals surface area contributed by atoms with Gasteiger partial charge in [0, 0.05) is 15.6 Å². The van der Waals surface area contributed by atoms with Gasteiger partial charge in [0.2, 0.25) is 0 Å². The molecule has 3 N–H and O–H groups in total. The van der Waals surface area contributed by atoms with Gasteiger partial charge in [0.1, 0.15) is 6.10 Å². The van der Waals surface area contributed by atoms with Gasteiger partial charge in [-0.15, -0.1) is 11.3 Å². The highest BCUT2D eigenvalue weighted by Crippen LogP contribution is 2.18. The van der Waals surface area contributed by atoms with Crippen molar-refractivity contribution in [2.24, 2.45) is 0 Å². The number of nitrogens with one attached hydrogen (secondary N) is 2. The fourth-order valence-electron chi connectivity index (χ4n) is 1.48. The van der Waals surface area contributed by atoms with Gasteiger partial charge < -0.3 is 15.7 Å². The number of carbonyl (C=O) groups is 1. The van der Waals surface area contributed by atoms with Gasteiger partial charge in [-0.2, -0.15) is 0 Å². The summed E-state index contributed by atoms with van der Waals surface area (Å²) in [6.45, 7) is 0.167. The molecule has 0 aliphatic rings. The summed E-state index contributed by atoms with van der Waals surface area (Å²) >= 11 is 7.20. The molecule has 0 radical (unpaired) electrons. The third kappa shape index (κ3) is 4.24. The van der Waals surface area contributed by atoms with Gasteiger partial charge >= 0.3 is 6.03 Å². The van der Waals surface area contributed by atoms with Crippen molar-refractivity contribution in [2.75, 3.05) is 11.9 Å². The summed E-state index contributed by atoms with van der Waals surface area (Å²) in [7, 11) is 0. The van der Waals surface area contributed by atoms with E-state index in [1.165, 1.54) is 11.3 Å². The summed E-state index contributed by atoms with van der Waals surface area (Å²) in [5.41, 5.74) is 0.646. The summed E-state index contributed by atoms with van der Waals surface area (Å²) in [5, 5.41) is 17.6. The third-order valence-electron chi connectivity index (χ3n) is 2.43. The van der Waals surface area contributed by atoms with Crippen LogP contribution in [0.15, 0.2) is 41.8 Å². The largest absolute Gasteiger partial charge is 0.386 e. The second-order valence-electron chi connectivity index (χ2n) is 3.87. The van der Waals surface area contributed by atoms with E-state index in [1.807, 2.05) is 17.5 Å². The van der Waals surface area contributed by atoms with Crippen LogP contribution in [0.1, 0.15) is 11.0 Å². The molecule has 0 saturated heterocycles. The molecule has 2 aromatic rings. The van der Waals surface area contributed by atoms with Gasteiger partial charge in [-0.1, -0.05) is 17.7 Å². The fraction of sp³-hybridized carbons (Fsp3) is 0.154. The van der Waals surface area contributed by atoms with Crippen LogP contribution in [0.2, 0.25) is 5.02 Å². The molecule has 1 unspecified atom stereocenters. The first-order valence-corrected chi connectivity index (χ1v) is 6.93. The molecule has 0 saturated carbocycles. The van der Waals surface area contributed by atoms with Crippen LogP contribution in [-0.2, 0) is 0 Å². The SMILES string of the molecule is O=C(NCC(O)c1cccs1)Nc1ccc(Cl)cc1. The molecule has 1 aromatic heterocycles. The Labute approximate surface area is 120 Å². The van der Waals surface area contributed by atoms with Crippen molar-refractivity contribution in [3.8, 4) is 0 Å². The molecule has 100 valence electrons. The molecule has 19 heavy (non-hydrogen) atoms. The average Bonchev–Trinajstić information content (AvgIpc) is 2.93. The second kappa shape index (κ2) is 6.56. The molecule has 0 aliphatic heterocycles. The Balaban J connectivity index is 1.80. The van der Waals surface area contributed by atoms with Crippen LogP contribution in [0.5, 0.6) is 0 Å². The molecular weight excluding hydrogens is 284 g/mol. The number of aliphatic hydroxyl groups excluding tert-OH is 1. The molecule has 2 amide bonds. The average molecular weight is 297 g/mol. The van der Waals surface area contributed by atoms with Gasteiger partial charge in [0.25, 0.3) is 0 Å². The van der Waals surface area contributed by atoms with E-state index >= 15 is 0 Å². The quantitative estimate of drug-likeness (QED) is 0.811. The van der Waals surface area contributed by atoms with Crippen molar-refractivity contribution in [2.45, 2.75) is 6.10 Å². The Morgan fingerprint density at radius 2 is 2.05 bits per heavy atom. The lowest BCUT2D eigenvalue weighted by Crippen LogP contribution is -2.32. The van der Waals surface area contributed by atoms with E-state index in [2.05, 4.69) is 10.6 Å². The predicted octanol–water partition coefficient (Wildman–Crippen LogP) is 3.26. The van der Waals surface area contributed by atoms with E-state index in [9.17, 15) is 9.90 Å². The lowest BCUT2D eigenvalue weighted by atomic mass is 10.3. The maximum Gasteiger partial charge on any atom is 0.319 e. The number of amides is 2. The van der Waals surface area contributed by atoms with Crippen LogP contribution < -0.4 is 10.6 Å². The zero-order chi connectivity index (χ0) is 13.7. The first-order valence-electron chi connectivity index (χ1n) is 5.67. The number of anilines is 1. The number of carbonyl (C=O) groups excluding carboxylic acids is 1. The molecule has 2 rings (SSSR count). The number of hydrogen-bond acceptors (Lipinski definition) is 3. The molecule has 1 heterocycles. The molecule has 0 bridgehead atoms. The van der Waals surface area contributed by atoms with Gasteiger partial charge in [0.05, 0.1) is 6.54 Å². The Hall–Kier alpha value is -1.56. The number of benzene rings is 1. The highest BCUT2D eigenvalue weighted by atomic mass is 35.5. The third-order valence-corrected chi connectivity index (χ3v) is 3.66. The summed E-state index contributed by atoms with van der Waals surface area (Å²) in [4.78, 5) is 12.4. The number of urea groups is 1. The number of halogens is 1. The van der Waals surface area contributed by atoms with Gasteiger partial charge in [-0.05, 0) is 35.7 Å². The van der Waals surface area contributed by atoms with Crippen molar-refractivity contribution in [3.63, 3.8) is 0 Å². The predicted molar refractivity (Wildman–Crippen MR) is 77.8 cm³/mol. The summed E-state index contributed by atoms with van der Waals surface area (Å²) in [6, 6.07) is 10.1. The highest BCUT2D eigenvalue weighted by molar-refractivity contribution is 7.10. The van der Waals surface area contributed by atoms with Gasteiger partial charge in [-0.3, -0.25) is 0 Å². The van der Waals surface area contributed by atoms with E-state index in [-0.39, 0.29) is 12.6 Å². The highest BCUT2D eigenvalue weighted by Gasteiger charge is 2.10. The monoisotopic (exact) mass is 296 g/mol. The number of rotatable bonds is 4. The van der Waals surface area contributed by atoms with E-state index in [0.717, 1.165) is 4.88 Å². The number of aliphatic hydroxyl groups is 1. The maximum absolute atomic E-state index is 11.6. The van der Waals surface area contributed by atoms with Crippen LogP contribution in [0.3, 0.4) is 0 Å². The first-order chi connectivity index (χ1) is 9.15. The number of thiophene rings is 1. The zero-order valence-corrected chi connectivity index (χ0v) is 11.5. The number of hydrogen-bond donors (Lipinski definition) is 3. The van der Waals surface area contributed by atoms with Crippen LogP contribution in [0.25, 0.3) is 0 Å². The van der Waals surface area contributed by atoms with Crippen molar-refractivity contribution < 1.29 is 9.90 Å². The van der Waals surface area contributed by atoms with Gasteiger partial charge in [-0.25, -0.2) is 4.79 Å². The zero-order valence-electron chi connectivity index (χ0n) is 9.97. The standard InChI is InChI=1S/C13H13ClN2O2S/c14-9-3-5-10(6-4-9)16-13(18)15-8-11(17)12-2-1-7-19-12/h1-7,11,17H,8H2,(H2,15,16,18). The Morgan fingerprint density at radius 3 is 2.68 bits per heavy atom. The lowest BCUT2D eigenvalue weighted by molar-refractivity contribution is 0.178. The van der Waals surface area contributed by atoms with Crippen LogP contribution in [-0.4, -0.2) is 17.7 Å². The van der Waals surface area contributed by atoms with Crippen molar-refractivity contribution in [1.82, 2.24) is 5.32 Å². The van der Waals surface area contributed by atoms with Crippen LogP contribution in [0, 0.1) is 0 Å². The Kier molecular flexibility index (Phi) is 4.79. The van der Waals surface area contributed by atoms with Crippen molar-refractivity contribution >= 4 is 34.7 Å². The second-order valence-corrected chi connectivity index (χ2v) is 5.29. The van der Waals surface area contributed by atoms with Crippen LogP contribution >= 0.6 is 22.9 Å². The van der Waals surface area contributed by atoms with E-state index in [4.69, 9.17) is 11.6 Å². The summed E-state index contributed by atoms with van der Waals surface area (Å²) < 4.78 is 0. The fourth-order valence-corrected chi connectivity index (χ4v) is 2.32. The van der Waals surface area contributed by atoms with Gasteiger partial charge in [0.15, 0.2) is 0 Å². The summed E-state index contributed by atoms with van der Waals surface area (Å²) in [6.07, 6.45) is -0.684. The molecule has 1 atom stereocenters. The van der Waals surface area contributed by atoms with E-state index in [1.54, 1.807) is 24.3 Å². The molecule has 6 heteroatoms. The first kappa shape index (κ1) is 13.9. The molecule has 1 aromatic carbocycles. The minimum Gasteiger partial charge on any atom is -0.386 e. The minimum atomic E-state index is -0.684. The van der Waals surface area contributed by atoms with E-state index < -0.39 is 6.10 Å².